The number of hydrogen-bond acceptors (Lipinski definition) is 2. The van der Waals surface area contributed by atoms with Crippen LogP contribution in [0.25, 0.3) is 10.9 Å². The van der Waals surface area contributed by atoms with Crippen LogP contribution in [0.2, 0.25) is 0 Å². The molecular weight excluding hydrogens is 226 g/mol. The maximum absolute atomic E-state index is 11.9. The number of aromatic amines is 1. The number of H-pyrrole nitrogens is 1. The van der Waals surface area contributed by atoms with Gasteiger partial charge in [-0.25, -0.2) is 4.79 Å². The van der Waals surface area contributed by atoms with E-state index in [1.54, 1.807) is 18.2 Å². The summed E-state index contributed by atoms with van der Waals surface area (Å²) in [6, 6.07) is 18.6. The van der Waals surface area contributed by atoms with Crippen molar-refractivity contribution in [2.75, 3.05) is 0 Å². The SMILES string of the molecule is O=C(Oc1ccccc1)c1cc2ccccc2[nH]1. The van der Waals surface area contributed by atoms with Crippen molar-refractivity contribution in [3.05, 3.63) is 66.4 Å². The molecule has 0 saturated carbocycles. The number of para-hydroxylation sites is 2. The number of aromatic nitrogens is 1. The summed E-state index contributed by atoms with van der Waals surface area (Å²) in [4.78, 5) is 15.0. The first kappa shape index (κ1) is 10.6. The number of fused-ring (bicyclic) bond motifs is 1. The van der Waals surface area contributed by atoms with Crippen molar-refractivity contribution in [1.29, 1.82) is 0 Å². The second-order valence-electron chi connectivity index (χ2n) is 3.97. The maximum atomic E-state index is 11.9. The third-order valence-electron chi connectivity index (χ3n) is 2.70. The molecule has 3 nitrogen and oxygen atoms in total. The molecule has 18 heavy (non-hydrogen) atoms. The lowest BCUT2D eigenvalue weighted by atomic mass is 10.2. The van der Waals surface area contributed by atoms with Crippen LogP contribution in [0.4, 0.5) is 0 Å². The number of rotatable bonds is 2. The van der Waals surface area contributed by atoms with E-state index in [4.69, 9.17) is 4.74 Å². The van der Waals surface area contributed by atoms with Crippen molar-refractivity contribution in [3.8, 4) is 5.75 Å². The predicted octanol–water partition coefficient (Wildman–Crippen LogP) is 3.39. The standard InChI is InChI=1S/C15H11NO2/c17-15(18-12-7-2-1-3-8-12)14-10-11-6-4-5-9-13(11)16-14/h1-10,16H. The van der Waals surface area contributed by atoms with Crippen LogP contribution in [-0.2, 0) is 0 Å². The number of nitrogens with one attached hydrogen (secondary N) is 1. The van der Waals surface area contributed by atoms with E-state index in [2.05, 4.69) is 4.98 Å². The highest BCUT2D eigenvalue weighted by Crippen LogP contribution is 2.17. The molecule has 0 radical (unpaired) electrons. The third-order valence-corrected chi connectivity index (χ3v) is 2.70. The molecule has 3 aromatic rings. The van der Waals surface area contributed by atoms with Gasteiger partial charge in [-0.2, -0.15) is 0 Å². The van der Waals surface area contributed by atoms with Gasteiger partial charge in [0.15, 0.2) is 0 Å². The van der Waals surface area contributed by atoms with Gasteiger partial charge in [0, 0.05) is 10.9 Å². The monoisotopic (exact) mass is 237 g/mol. The Morgan fingerprint density at radius 2 is 1.67 bits per heavy atom. The molecule has 0 saturated heterocycles. The number of carbonyl (C=O) groups is 1. The summed E-state index contributed by atoms with van der Waals surface area (Å²) in [5.74, 6) is 0.165. The molecule has 0 unspecified atom stereocenters. The molecule has 3 heteroatoms. The summed E-state index contributed by atoms with van der Waals surface area (Å²) >= 11 is 0. The minimum absolute atomic E-state index is 0.377. The van der Waals surface area contributed by atoms with Gasteiger partial charge in [0.25, 0.3) is 0 Å². The Labute approximate surface area is 104 Å². The van der Waals surface area contributed by atoms with Crippen molar-refractivity contribution < 1.29 is 9.53 Å². The highest BCUT2D eigenvalue weighted by atomic mass is 16.5. The van der Waals surface area contributed by atoms with E-state index in [9.17, 15) is 4.79 Å². The molecule has 1 heterocycles. The zero-order valence-electron chi connectivity index (χ0n) is 9.59. The lowest BCUT2D eigenvalue weighted by molar-refractivity contribution is 0.0729. The fraction of sp³-hybridized carbons (Fsp3) is 0. The molecule has 0 aliphatic carbocycles. The van der Waals surface area contributed by atoms with Gasteiger partial charge in [0.1, 0.15) is 11.4 Å². The number of hydrogen-bond donors (Lipinski definition) is 1. The van der Waals surface area contributed by atoms with Crippen molar-refractivity contribution in [2.45, 2.75) is 0 Å². The van der Waals surface area contributed by atoms with Gasteiger partial charge in [-0.1, -0.05) is 36.4 Å². The van der Waals surface area contributed by atoms with Gasteiger partial charge < -0.3 is 9.72 Å². The summed E-state index contributed by atoms with van der Waals surface area (Å²) in [7, 11) is 0. The Balaban J connectivity index is 1.88. The fourth-order valence-electron chi connectivity index (χ4n) is 1.83. The zero-order chi connectivity index (χ0) is 12.4. The molecule has 1 N–H and O–H groups in total. The molecule has 2 aromatic carbocycles. The van der Waals surface area contributed by atoms with E-state index in [1.807, 2.05) is 42.5 Å². The maximum Gasteiger partial charge on any atom is 0.360 e. The molecule has 88 valence electrons. The Morgan fingerprint density at radius 1 is 0.944 bits per heavy atom. The van der Waals surface area contributed by atoms with Crippen molar-refractivity contribution >= 4 is 16.9 Å². The van der Waals surface area contributed by atoms with Crippen LogP contribution >= 0.6 is 0 Å². The van der Waals surface area contributed by atoms with Gasteiger partial charge in [-0.15, -0.1) is 0 Å². The number of benzene rings is 2. The molecular formula is C15H11NO2. The quantitative estimate of drug-likeness (QED) is 0.548. The number of carbonyl (C=O) groups excluding carboxylic acids is 1. The average molecular weight is 237 g/mol. The third kappa shape index (κ3) is 1.98. The van der Waals surface area contributed by atoms with E-state index < -0.39 is 0 Å². The Hall–Kier alpha value is -2.55. The van der Waals surface area contributed by atoms with Crippen LogP contribution < -0.4 is 4.74 Å². The van der Waals surface area contributed by atoms with Crippen molar-refractivity contribution in [3.63, 3.8) is 0 Å². The van der Waals surface area contributed by atoms with E-state index in [0.717, 1.165) is 10.9 Å². The fourth-order valence-corrected chi connectivity index (χ4v) is 1.83. The van der Waals surface area contributed by atoms with Crippen LogP contribution in [0.3, 0.4) is 0 Å². The topological polar surface area (TPSA) is 42.1 Å². The normalized spacial score (nSPS) is 10.4. The van der Waals surface area contributed by atoms with Gasteiger partial charge in [-0.3, -0.25) is 0 Å². The van der Waals surface area contributed by atoms with E-state index >= 15 is 0 Å². The molecule has 0 spiro atoms. The first-order chi connectivity index (χ1) is 8.83. The van der Waals surface area contributed by atoms with E-state index in [1.165, 1.54) is 0 Å². The lowest BCUT2D eigenvalue weighted by Crippen LogP contribution is -2.08. The molecule has 0 fully saturated rings. The Bertz CT molecular complexity index is 653. The predicted molar refractivity (Wildman–Crippen MR) is 69.7 cm³/mol. The Morgan fingerprint density at radius 3 is 2.44 bits per heavy atom. The summed E-state index contributed by atoms with van der Waals surface area (Å²) in [6.07, 6.45) is 0. The largest absolute Gasteiger partial charge is 0.422 e. The zero-order valence-corrected chi connectivity index (χ0v) is 9.59. The van der Waals surface area contributed by atoms with E-state index in [0.29, 0.717) is 11.4 Å². The van der Waals surface area contributed by atoms with Crippen LogP contribution in [0.15, 0.2) is 60.7 Å². The van der Waals surface area contributed by atoms with Crippen LogP contribution in [0, 0.1) is 0 Å². The second-order valence-corrected chi connectivity index (χ2v) is 3.97. The lowest BCUT2D eigenvalue weighted by Gasteiger charge is -2.01. The molecule has 0 atom stereocenters. The van der Waals surface area contributed by atoms with Crippen LogP contribution in [0.5, 0.6) is 5.75 Å². The van der Waals surface area contributed by atoms with Gasteiger partial charge in [-0.05, 0) is 24.3 Å². The summed E-state index contributed by atoms with van der Waals surface area (Å²) in [6.45, 7) is 0. The number of esters is 1. The summed E-state index contributed by atoms with van der Waals surface area (Å²) in [5.41, 5.74) is 1.39. The van der Waals surface area contributed by atoms with Crippen LogP contribution in [-0.4, -0.2) is 11.0 Å². The van der Waals surface area contributed by atoms with Crippen LogP contribution in [0.1, 0.15) is 10.5 Å². The molecule has 0 bridgehead atoms. The molecule has 3 rings (SSSR count). The second kappa shape index (κ2) is 4.37. The number of ether oxygens (including phenoxy) is 1. The Kier molecular flexibility index (Phi) is 2.57. The molecule has 0 aliphatic rings. The highest BCUT2D eigenvalue weighted by molar-refractivity contribution is 5.95. The van der Waals surface area contributed by atoms with Gasteiger partial charge in [0.05, 0.1) is 0 Å². The molecule has 0 amide bonds. The minimum Gasteiger partial charge on any atom is -0.422 e. The minimum atomic E-state index is -0.377. The van der Waals surface area contributed by atoms with Gasteiger partial charge >= 0.3 is 5.97 Å². The van der Waals surface area contributed by atoms with Crippen molar-refractivity contribution in [1.82, 2.24) is 4.98 Å². The smallest absolute Gasteiger partial charge is 0.360 e. The first-order valence-electron chi connectivity index (χ1n) is 5.68. The molecule has 1 aromatic heterocycles. The summed E-state index contributed by atoms with van der Waals surface area (Å²) in [5, 5.41) is 0.998. The van der Waals surface area contributed by atoms with Gasteiger partial charge in [0.2, 0.25) is 0 Å². The molecule has 0 aliphatic heterocycles. The van der Waals surface area contributed by atoms with Crippen molar-refractivity contribution in [2.24, 2.45) is 0 Å². The highest BCUT2D eigenvalue weighted by Gasteiger charge is 2.11. The van der Waals surface area contributed by atoms with E-state index in [-0.39, 0.29) is 5.97 Å². The summed E-state index contributed by atoms with van der Waals surface area (Å²) < 4.78 is 5.26. The average Bonchev–Trinajstić information content (AvgIpc) is 2.84. The first-order valence-corrected chi connectivity index (χ1v) is 5.68.